The van der Waals surface area contributed by atoms with E-state index >= 15 is 0 Å². The summed E-state index contributed by atoms with van der Waals surface area (Å²) in [5.74, 6) is 0. The Labute approximate surface area is 103 Å². The molecule has 0 rings (SSSR count). The van der Waals surface area contributed by atoms with E-state index in [1.54, 1.807) is 0 Å². The second kappa shape index (κ2) is 12.5. The summed E-state index contributed by atoms with van der Waals surface area (Å²) in [6.45, 7) is 0. The van der Waals surface area contributed by atoms with Crippen LogP contribution in [-0.4, -0.2) is 71.9 Å². The van der Waals surface area contributed by atoms with Gasteiger partial charge in [-0.1, -0.05) is 0 Å². The molecule has 0 aliphatic heterocycles. The molecule has 6 nitrogen and oxygen atoms in total. The van der Waals surface area contributed by atoms with Gasteiger partial charge >= 0.3 is 71.5 Å². The summed E-state index contributed by atoms with van der Waals surface area (Å²) in [5, 5.41) is 0. The molecule has 0 aliphatic carbocycles. The first-order valence-corrected chi connectivity index (χ1v) is 2.76. The molecule has 0 amide bonds. The molecule has 0 spiro atoms. The zero-order valence-electron chi connectivity index (χ0n) is 3.97. The fraction of sp³-hybridized carbons (Fsp3) is 0. The SMILES string of the molecule is O.O=S(=O)([O-])[O-].[Ba+2].[O]=[Pd]. The van der Waals surface area contributed by atoms with Gasteiger partial charge in [0.1, 0.15) is 0 Å². The van der Waals surface area contributed by atoms with E-state index < -0.39 is 10.4 Å². The molecule has 0 aromatic heterocycles. The monoisotopic (exact) mass is 374 g/mol. The average Bonchev–Trinajstić information content (AvgIpc) is 1.36. The van der Waals surface area contributed by atoms with Gasteiger partial charge in [0.15, 0.2) is 0 Å². The molecular weight excluding hydrogens is 372 g/mol. The zero-order chi connectivity index (χ0) is 6.50. The first-order valence-electron chi connectivity index (χ1n) is 0.796. The van der Waals surface area contributed by atoms with Gasteiger partial charge in [-0.25, -0.2) is 0 Å². The minimum atomic E-state index is -5.17. The van der Waals surface area contributed by atoms with E-state index in [0.29, 0.717) is 0 Å². The number of hydrogen-bond acceptors (Lipinski definition) is 5. The van der Waals surface area contributed by atoms with Crippen molar-refractivity contribution in [1.82, 2.24) is 0 Å². The van der Waals surface area contributed by atoms with Gasteiger partial charge in [0, 0.05) is 10.4 Å². The summed E-state index contributed by atoms with van der Waals surface area (Å²) in [6, 6.07) is 0. The molecule has 0 unspecified atom stereocenters. The van der Waals surface area contributed by atoms with Gasteiger partial charge < -0.3 is 14.6 Å². The number of hydrogen-bond donors (Lipinski definition) is 0. The van der Waals surface area contributed by atoms with Crippen molar-refractivity contribution >= 4 is 59.3 Å². The molecule has 0 saturated heterocycles. The van der Waals surface area contributed by atoms with Crippen molar-refractivity contribution < 1.29 is 45.6 Å². The quantitative estimate of drug-likeness (QED) is 0.260. The molecular formula is H2BaO6PdS. The molecule has 0 saturated carbocycles. The molecule has 9 heteroatoms. The summed E-state index contributed by atoms with van der Waals surface area (Å²) < 4.78 is 42.2. The van der Waals surface area contributed by atoms with Crippen LogP contribution in [-0.2, 0) is 33.0 Å². The van der Waals surface area contributed by atoms with Crippen molar-refractivity contribution in [2.75, 3.05) is 0 Å². The van der Waals surface area contributed by atoms with E-state index in [1.807, 2.05) is 0 Å². The fourth-order valence-electron chi connectivity index (χ4n) is 0. The number of rotatable bonds is 0. The Morgan fingerprint density at radius 3 is 1.11 bits per heavy atom. The van der Waals surface area contributed by atoms with Crippen LogP contribution in [0.5, 0.6) is 0 Å². The Morgan fingerprint density at radius 2 is 1.11 bits per heavy atom. The Hall–Kier alpha value is 1.86. The maximum absolute atomic E-state index is 8.52. The van der Waals surface area contributed by atoms with Crippen molar-refractivity contribution in [2.45, 2.75) is 0 Å². The third-order valence-corrected chi connectivity index (χ3v) is 0. The normalized spacial score (nSPS) is 7.11. The van der Waals surface area contributed by atoms with Gasteiger partial charge in [-0.05, 0) is 0 Å². The zero-order valence-corrected chi connectivity index (χ0v) is 10.8. The van der Waals surface area contributed by atoms with Crippen molar-refractivity contribution in [1.29, 1.82) is 0 Å². The van der Waals surface area contributed by atoms with E-state index in [2.05, 4.69) is 0 Å². The van der Waals surface area contributed by atoms with E-state index in [4.69, 9.17) is 21.0 Å². The van der Waals surface area contributed by atoms with Gasteiger partial charge in [-0.2, -0.15) is 0 Å². The third-order valence-electron chi connectivity index (χ3n) is 0. The Balaban J connectivity index is -0.0000000286. The molecule has 0 fully saturated rings. The summed E-state index contributed by atoms with van der Waals surface area (Å²) >= 11 is 1.50. The Kier molecular flexibility index (Phi) is 31.2. The summed E-state index contributed by atoms with van der Waals surface area (Å²) in [6.07, 6.45) is 0. The second-order valence-corrected chi connectivity index (χ2v) is 1.22. The first-order chi connectivity index (χ1) is 3.00. The topological polar surface area (TPSA) is 129 Å². The van der Waals surface area contributed by atoms with Crippen LogP contribution in [0.15, 0.2) is 0 Å². The molecule has 0 aliphatic rings. The van der Waals surface area contributed by atoms with Crippen LogP contribution >= 0.6 is 0 Å². The molecule has 56 valence electrons. The van der Waals surface area contributed by atoms with Gasteiger partial charge in [0.2, 0.25) is 0 Å². The van der Waals surface area contributed by atoms with Gasteiger partial charge in [-0.3, -0.25) is 8.42 Å². The minimum absolute atomic E-state index is 0. The predicted octanol–water partition coefficient (Wildman–Crippen LogP) is -2.66. The fourth-order valence-corrected chi connectivity index (χ4v) is 0. The molecule has 0 aromatic rings. The van der Waals surface area contributed by atoms with Crippen LogP contribution in [0.25, 0.3) is 0 Å². The molecule has 0 atom stereocenters. The summed E-state index contributed by atoms with van der Waals surface area (Å²) in [5.41, 5.74) is 0. The van der Waals surface area contributed by atoms with Crippen LogP contribution in [0.4, 0.5) is 0 Å². The molecule has 9 heavy (non-hydrogen) atoms. The maximum atomic E-state index is 8.52. The van der Waals surface area contributed by atoms with Crippen molar-refractivity contribution in [3.05, 3.63) is 0 Å². The van der Waals surface area contributed by atoms with Crippen LogP contribution < -0.4 is 0 Å². The van der Waals surface area contributed by atoms with Crippen molar-refractivity contribution in [2.24, 2.45) is 0 Å². The predicted molar refractivity (Wildman–Crippen MR) is 20.5 cm³/mol. The standard InChI is InChI=1S/Ba.H2O4S.H2O.O.Pd/c;1-5(2,3)4;;;/h;(H2,1,2,3,4);1H2;;/q+2;;;;/p-2. The van der Waals surface area contributed by atoms with E-state index in [0.717, 1.165) is 0 Å². The summed E-state index contributed by atoms with van der Waals surface area (Å²) in [7, 11) is -5.17. The Morgan fingerprint density at radius 1 is 1.11 bits per heavy atom. The summed E-state index contributed by atoms with van der Waals surface area (Å²) in [4.78, 5) is 0. The molecule has 0 aromatic carbocycles. The van der Waals surface area contributed by atoms with Crippen LogP contribution in [0.3, 0.4) is 0 Å². The molecule has 2 N–H and O–H groups in total. The van der Waals surface area contributed by atoms with Crippen LogP contribution in [0.1, 0.15) is 0 Å². The van der Waals surface area contributed by atoms with Crippen molar-refractivity contribution in [3.63, 3.8) is 0 Å². The van der Waals surface area contributed by atoms with Crippen LogP contribution in [0.2, 0.25) is 0 Å². The van der Waals surface area contributed by atoms with Gasteiger partial charge in [0.05, 0.1) is 0 Å². The second-order valence-electron chi connectivity index (χ2n) is 0.408. The first kappa shape index (κ1) is 22.4. The van der Waals surface area contributed by atoms with Gasteiger partial charge in [0.25, 0.3) is 0 Å². The van der Waals surface area contributed by atoms with E-state index in [1.165, 1.54) is 19.2 Å². The van der Waals surface area contributed by atoms with Crippen LogP contribution in [0, 0.1) is 0 Å². The third kappa shape index (κ3) is 176. The molecule has 0 radical (unpaired) electrons. The van der Waals surface area contributed by atoms with E-state index in [-0.39, 0.29) is 54.4 Å². The molecule has 0 heterocycles. The van der Waals surface area contributed by atoms with Crippen molar-refractivity contribution in [3.8, 4) is 0 Å². The molecule has 0 bridgehead atoms. The van der Waals surface area contributed by atoms with Gasteiger partial charge in [-0.15, -0.1) is 0 Å². The van der Waals surface area contributed by atoms with E-state index in [9.17, 15) is 0 Å². The Bertz CT molecular complexity index is 107. The average molecular weight is 374 g/mol.